The number of rotatable bonds is 8. The van der Waals surface area contributed by atoms with E-state index in [2.05, 4.69) is 9.69 Å². The fourth-order valence-electron chi connectivity index (χ4n) is 4.38. The first-order valence-electron chi connectivity index (χ1n) is 11.7. The van der Waals surface area contributed by atoms with Gasteiger partial charge in [-0.3, -0.25) is 9.59 Å². The van der Waals surface area contributed by atoms with Crippen molar-refractivity contribution in [2.45, 2.75) is 50.7 Å². The highest BCUT2D eigenvalue weighted by molar-refractivity contribution is 7.11. The number of halogens is 3. The lowest BCUT2D eigenvalue weighted by Gasteiger charge is -2.33. The maximum Gasteiger partial charge on any atom is 0.276 e. The Morgan fingerprint density at radius 1 is 1.11 bits per heavy atom. The molecular weight excluding hydrogens is 524 g/mol. The second-order valence-electron chi connectivity index (χ2n) is 8.70. The third-order valence-electron chi connectivity index (χ3n) is 6.27. The van der Waals surface area contributed by atoms with E-state index in [0.29, 0.717) is 16.9 Å². The van der Waals surface area contributed by atoms with Gasteiger partial charge in [0.1, 0.15) is 27.0 Å². The molecule has 1 atom stereocenters. The predicted molar refractivity (Wildman–Crippen MR) is 139 cm³/mol. The van der Waals surface area contributed by atoms with Crippen LogP contribution in [0.4, 0.5) is 4.39 Å². The minimum absolute atomic E-state index is 0.0272. The van der Waals surface area contributed by atoms with Crippen LogP contribution in [0.25, 0.3) is 0 Å². The van der Waals surface area contributed by atoms with Crippen molar-refractivity contribution in [1.82, 2.24) is 14.6 Å². The van der Waals surface area contributed by atoms with Crippen LogP contribution in [0.5, 0.6) is 5.75 Å². The van der Waals surface area contributed by atoms with Crippen molar-refractivity contribution in [2.24, 2.45) is 0 Å². The maximum atomic E-state index is 13.8. The molecule has 10 heteroatoms. The first kappa shape index (κ1) is 26.4. The number of methoxy groups -OCH3 is 1. The molecule has 1 aliphatic rings. The van der Waals surface area contributed by atoms with Gasteiger partial charge < -0.3 is 15.0 Å². The topological polar surface area (TPSA) is 71.5 Å². The van der Waals surface area contributed by atoms with E-state index in [1.54, 1.807) is 43.5 Å². The van der Waals surface area contributed by atoms with Gasteiger partial charge in [-0.2, -0.15) is 4.37 Å². The summed E-state index contributed by atoms with van der Waals surface area (Å²) in [5, 5.41) is 3.19. The summed E-state index contributed by atoms with van der Waals surface area (Å²) in [7, 11) is 1.56. The lowest BCUT2D eigenvalue weighted by Crippen LogP contribution is -2.47. The molecule has 0 radical (unpaired) electrons. The van der Waals surface area contributed by atoms with E-state index < -0.39 is 17.8 Å². The molecule has 6 nitrogen and oxygen atoms in total. The fraction of sp³-hybridized carbons (Fsp3) is 0.346. The van der Waals surface area contributed by atoms with Gasteiger partial charge in [-0.05, 0) is 59.8 Å². The predicted octanol–water partition coefficient (Wildman–Crippen LogP) is 6.43. The van der Waals surface area contributed by atoms with Crippen LogP contribution in [0, 0.1) is 5.82 Å². The Labute approximate surface area is 223 Å². The summed E-state index contributed by atoms with van der Waals surface area (Å²) in [5.41, 5.74) is 1.21. The Kier molecular flexibility index (Phi) is 8.82. The van der Waals surface area contributed by atoms with E-state index in [1.165, 1.54) is 17.0 Å². The quantitative estimate of drug-likeness (QED) is 0.351. The molecule has 0 bridgehead atoms. The molecule has 0 aliphatic heterocycles. The summed E-state index contributed by atoms with van der Waals surface area (Å²) >= 11 is 13.3. The zero-order valence-corrected chi connectivity index (χ0v) is 22.0. The van der Waals surface area contributed by atoms with Crippen LogP contribution < -0.4 is 10.1 Å². The van der Waals surface area contributed by atoms with Crippen molar-refractivity contribution in [1.29, 1.82) is 0 Å². The van der Waals surface area contributed by atoms with Gasteiger partial charge in [-0.1, -0.05) is 66.7 Å². The number of carbonyl (C=O) groups is 2. The Balaban J connectivity index is 1.76. The summed E-state index contributed by atoms with van der Waals surface area (Å²) in [5.74, 6) is -0.629. The molecular formula is C26H26Cl2FN3O3S. The molecule has 2 aromatic carbocycles. The van der Waals surface area contributed by atoms with Crippen molar-refractivity contribution >= 4 is 46.5 Å². The number of carbonyl (C=O) groups excluding carboxylic acids is 2. The Morgan fingerprint density at radius 3 is 2.36 bits per heavy atom. The van der Waals surface area contributed by atoms with Gasteiger partial charge in [-0.15, -0.1) is 0 Å². The number of hydrogen-bond acceptors (Lipinski definition) is 5. The molecule has 2 amide bonds. The number of hydrogen-bond donors (Lipinski definition) is 1. The van der Waals surface area contributed by atoms with Crippen LogP contribution in [-0.4, -0.2) is 34.2 Å². The molecule has 1 aliphatic carbocycles. The number of aromatic nitrogens is 1. The van der Waals surface area contributed by atoms with Crippen LogP contribution in [-0.2, 0) is 11.3 Å². The van der Waals surface area contributed by atoms with Crippen molar-refractivity contribution in [3.05, 3.63) is 80.5 Å². The fourth-order valence-corrected chi connectivity index (χ4v) is 5.37. The van der Waals surface area contributed by atoms with Gasteiger partial charge in [0.05, 0.1) is 7.11 Å². The van der Waals surface area contributed by atoms with E-state index >= 15 is 0 Å². The van der Waals surface area contributed by atoms with Crippen LogP contribution in [0.1, 0.15) is 59.8 Å². The highest BCUT2D eigenvalue weighted by Gasteiger charge is 2.35. The molecule has 0 unspecified atom stereocenters. The van der Waals surface area contributed by atoms with E-state index in [9.17, 15) is 14.0 Å². The van der Waals surface area contributed by atoms with E-state index in [-0.39, 0.29) is 33.5 Å². The second-order valence-corrected chi connectivity index (χ2v) is 10.5. The number of ether oxygens (including phenoxy) is 1. The summed E-state index contributed by atoms with van der Waals surface area (Å²) in [4.78, 5) is 29.0. The molecule has 1 N–H and O–H groups in total. The minimum Gasteiger partial charge on any atom is -0.497 e. The second kappa shape index (κ2) is 12.0. The van der Waals surface area contributed by atoms with Gasteiger partial charge in [0.15, 0.2) is 5.69 Å². The zero-order valence-electron chi connectivity index (χ0n) is 19.7. The van der Waals surface area contributed by atoms with E-state index in [1.807, 2.05) is 0 Å². The third-order valence-corrected chi connectivity index (χ3v) is 7.88. The Morgan fingerprint density at radius 2 is 1.78 bits per heavy atom. The number of nitrogens with one attached hydrogen (secondary N) is 1. The molecule has 4 rings (SSSR count). The van der Waals surface area contributed by atoms with Crippen LogP contribution in [0.15, 0.2) is 48.5 Å². The number of amides is 2. The largest absolute Gasteiger partial charge is 0.497 e. The molecule has 0 saturated heterocycles. The highest BCUT2D eigenvalue weighted by atomic mass is 35.5. The molecule has 36 heavy (non-hydrogen) atoms. The van der Waals surface area contributed by atoms with Crippen LogP contribution >= 0.6 is 34.7 Å². The van der Waals surface area contributed by atoms with Crippen LogP contribution in [0.3, 0.4) is 0 Å². The number of nitrogens with zero attached hydrogens (tertiary/aromatic N) is 2. The normalized spacial score (nSPS) is 14.8. The third kappa shape index (κ3) is 6.17. The van der Waals surface area contributed by atoms with Gasteiger partial charge >= 0.3 is 0 Å². The molecule has 3 aromatic rings. The Bertz CT molecular complexity index is 1200. The summed E-state index contributed by atoms with van der Waals surface area (Å²) < 4.78 is 23.2. The van der Waals surface area contributed by atoms with Crippen molar-refractivity contribution in [3.8, 4) is 5.75 Å². The summed E-state index contributed by atoms with van der Waals surface area (Å²) in [6.07, 6.45) is 5.01. The smallest absolute Gasteiger partial charge is 0.276 e. The molecule has 1 fully saturated rings. The molecule has 0 spiro atoms. The zero-order chi connectivity index (χ0) is 25.7. The number of benzene rings is 2. The Hall–Kier alpha value is -2.68. The SMILES string of the molecule is COc1ccc([C@H](C(=O)NC2CCCCC2)N(Cc2ccc(F)cc2)C(=O)c2nsc(Cl)c2Cl)cc1. The van der Waals surface area contributed by atoms with E-state index in [4.69, 9.17) is 27.9 Å². The standard InChI is InChI=1S/C26H26Cl2FN3O3S/c1-35-20-13-9-17(10-14-20)23(25(33)30-19-5-3-2-4-6-19)32(15-16-7-11-18(29)12-8-16)26(34)22-21(27)24(28)36-31-22/h7-14,19,23H,2-6,15H2,1H3,(H,30,33)/t23-/m1/s1. The first-order chi connectivity index (χ1) is 17.4. The summed E-state index contributed by atoms with van der Waals surface area (Å²) in [6.45, 7) is 0.0272. The van der Waals surface area contributed by atoms with Gasteiger partial charge in [0, 0.05) is 12.6 Å². The first-order valence-corrected chi connectivity index (χ1v) is 13.2. The molecule has 1 saturated carbocycles. The maximum absolute atomic E-state index is 13.8. The van der Waals surface area contributed by atoms with Gasteiger partial charge in [-0.25, -0.2) is 4.39 Å². The monoisotopic (exact) mass is 549 g/mol. The lowest BCUT2D eigenvalue weighted by molar-refractivity contribution is -0.127. The van der Waals surface area contributed by atoms with Gasteiger partial charge in [0.25, 0.3) is 5.91 Å². The molecule has 1 aromatic heterocycles. The van der Waals surface area contributed by atoms with Crippen molar-refractivity contribution in [3.63, 3.8) is 0 Å². The average molecular weight is 550 g/mol. The highest BCUT2D eigenvalue weighted by Crippen LogP contribution is 2.34. The summed E-state index contributed by atoms with van der Waals surface area (Å²) in [6, 6.07) is 11.8. The lowest BCUT2D eigenvalue weighted by atomic mass is 9.94. The van der Waals surface area contributed by atoms with Gasteiger partial charge in [0.2, 0.25) is 5.91 Å². The molecule has 190 valence electrons. The van der Waals surface area contributed by atoms with Crippen molar-refractivity contribution in [2.75, 3.05) is 7.11 Å². The van der Waals surface area contributed by atoms with E-state index in [0.717, 1.165) is 43.6 Å². The van der Waals surface area contributed by atoms with Crippen molar-refractivity contribution < 1.29 is 18.7 Å². The van der Waals surface area contributed by atoms with Crippen LogP contribution in [0.2, 0.25) is 9.36 Å². The molecule has 1 heterocycles. The minimum atomic E-state index is -0.994. The average Bonchev–Trinajstić information content (AvgIpc) is 3.23.